The van der Waals surface area contributed by atoms with Gasteiger partial charge in [0.15, 0.2) is 0 Å². The summed E-state index contributed by atoms with van der Waals surface area (Å²) in [6, 6.07) is 0. The molecule has 1 saturated carbocycles. The van der Waals surface area contributed by atoms with Crippen molar-refractivity contribution in [1.29, 1.82) is 5.41 Å². The monoisotopic (exact) mass is 239 g/mol. The van der Waals surface area contributed by atoms with Crippen LogP contribution in [0.15, 0.2) is 0 Å². The zero-order valence-electron chi connectivity index (χ0n) is 11.5. The Hall–Kier alpha value is -0.570. The van der Waals surface area contributed by atoms with Gasteiger partial charge < -0.3 is 10.6 Å². The maximum Gasteiger partial charge on any atom is 0.0918 e. The second kappa shape index (κ2) is 7.70. The van der Waals surface area contributed by atoms with E-state index < -0.39 is 0 Å². The molecular weight excluding hydrogens is 210 g/mol. The molecule has 0 heterocycles. The van der Waals surface area contributed by atoms with E-state index in [0.717, 1.165) is 25.4 Å². The number of nitrogens with one attached hydrogen (secondary N) is 1. The lowest BCUT2D eigenvalue weighted by atomic mass is 10.0. The second-order valence-electron chi connectivity index (χ2n) is 5.91. The SMILES string of the molecule is CC(C)CN(CCC(=N)N)CCC1CCCC1. The van der Waals surface area contributed by atoms with E-state index in [9.17, 15) is 0 Å². The molecule has 1 aliphatic carbocycles. The summed E-state index contributed by atoms with van der Waals surface area (Å²) in [5.74, 6) is 1.98. The summed E-state index contributed by atoms with van der Waals surface area (Å²) in [5, 5.41) is 7.32. The van der Waals surface area contributed by atoms with Gasteiger partial charge in [-0.1, -0.05) is 39.5 Å². The molecule has 1 aliphatic rings. The van der Waals surface area contributed by atoms with E-state index in [0.29, 0.717) is 11.8 Å². The number of rotatable bonds is 8. The van der Waals surface area contributed by atoms with Gasteiger partial charge in [-0.3, -0.25) is 5.41 Å². The fourth-order valence-corrected chi connectivity index (χ4v) is 2.75. The van der Waals surface area contributed by atoms with Crippen LogP contribution in [-0.2, 0) is 0 Å². The first-order chi connectivity index (χ1) is 8.08. The minimum Gasteiger partial charge on any atom is -0.388 e. The molecule has 100 valence electrons. The van der Waals surface area contributed by atoms with Crippen molar-refractivity contribution in [2.45, 2.75) is 52.4 Å². The van der Waals surface area contributed by atoms with Gasteiger partial charge in [0.1, 0.15) is 0 Å². The number of hydrogen-bond acceptors (Lipinski definition) is 2. The summed E-state index contributed by atoms with van der Waals surface area (Å²) in [7, 11) is 0. The quantitative estimate of drug-likeness (QED) is 0.505. The lowest BCUT2D eigenvalue weighted by Crippen LogP contribution is -2.32. The van der Waals surface area contributed by atoms with Crippen LogP contribution in [-0.4, -0.2) is 30.4 Å². The van der Waals surface area contributed by atoms with Gasteiger partial charge >= 0.3 is 0 Å². The number of amidine groups is 1. The zero-order chi connectivity index (χ0) is 12.7. The molecule has 0 aromatic heterocycles. The molecule has 3 N–H and O–H groups in total. The normalized spacial score (nSPS) is 17.2. The molecule has 17 heavy (non-hydrogen) atoms. The molecule has 0 atom stereocenters. The van der Waals surface area contributed by atoms with E-state index >= 15 is 0 Å². The van der Waals surface area contributed by atoms with Crippen molar-refractivity contribution in [3.8, 4) is 0 Å². The number of nitrogens with two attached hydrogens (primary N) is 1. The van der Waals surface area contributed by atoms with E-state index in [2.05, 4.69) is 18.7 Å². The summed E-state index contributed by atoms with van der Waals surface area (Å²) in [4.78, 5) is 2.49. The van der Waals surface area contributed by atoms with Gasteiger partial charge in [0.25, 0.3) is 0 Å². The lowest BCUT2D eigenvalue weighted by Gasteiger charge is -2.25. The molecule has 0 aromatic rings. The largest absolute Gasteiger partial charge is 0.388 e. The van der Waals surface area contributed by atoms with Gasteiger partial charge in [0, 0.05) is 19.5 Å². The molecule has 3 heteroatoms. The maximum atomic E-state index is 7.32. The second-order valence-corrected chi connectivity index (χ2v) is 5.91. The van der Waals surface area contributed by atoms with Crippen LogP contribution in [0.25, 0.3) is 0 Å². The topological polar surface area (TPSA) is 53.1 Å². The minimum absolute atomic E-state index is 0.319. The van der Waals surface area contributed by atoms with Gasteiger partial charge in [-0.05, 0) is 24.8 Å². The Kier molecular flexibility index (Phi) is 6.56. The molecule has 1 fully saturated rings. The van der Waals surface area contributed by atoms with Crippen LogP contribution in [0.2, 0.25) is 0 Å². The fourth-order valence-electron chi connectivity index (χ4n) is 2.75. The molecule has 0 radical (unpaired) electrons. The Morgan fingerprint density at radius 1 is 1.29 bits per heavy atom. The molecule has 3 nitrogen and oxygen atoms in total. The summed E-state index contributed by atoms with van der Waals surface area (Å²) >= 11 is 0. The lowest BCUT2D eigenvalue weighted by molar-refractivity contribution is 0.232. The number of nitrogens with zero attached hydrogens (tertiary/aromatic N) is 1. The number of hydrogen-bond donors (Lipinski definition) is 2. The molecule has 0 saturated heterocycles. The van der Waals surface area contributed by atoms with Crippen LogP contribution in [0.5, 0.6) is 0 Å². The average Bonchev–Trinajstić information content (AvgIpc) is 2.74. The van der Waals surface area contributed by atoms with Crippen molar-refractivity contribution in [2.75, 3.05) is 19.6 Å². The third-order valence-corrected chi connectivity index (χ3v) is 3.65. The zero-order valence-corrected chi connectivity index (χ0v) is 11.5. The van der Waals surface area contributed by atoms with Crippen LogP contribution >= 0.6 is 0 Å². The Morgan fingerprint density at radius 3 is 2.47 bits per heavy atom. The Balaban J connectivity index is 2.25. The van der Waals surface area contributed by atoms with Crippen LogP contribution in [0.3, 0.4) is 0 Å². The predicted molar refractivity (Wildman–Crippen MR) is 74.4 cm³/mol. The highest BCUT2D eigenvalue weighted by molar-refractivity contribution is 5.76. The molecule has 0 aliphatic heterocycles. The summed E-state index contributed by atoms with van der Waals surface area (Å²) in [6.45, 7) is 7.81. The van der Waals surface area contributed by atoms with Crippen molar-refractivity contribution in [2.24, 2.45) is 17.6 Å². The van der Waals surface area contributed by atoms with Crippen molar-refractivity contribution in [3.05, 3.63) is 0 Å². The highest BCUT2D eigenvalue weighted by atomic mass is 15.1. The van der Waals surface area contributed by atoms with Crippen molar-refractivity contribution in [1.82, 2.24) is 4.90 Å². The predicted octanol–water partition coefficient (Wildman–Crippen LogP) is 2.85. The van der Waals surface area contributed by atoms with Crippen LogP contribution in [0.4, 0.5) is 0 Å². The Labute approximate surface area is 106 Å². The first kappa shape index (κ1) is 14.5. The third-order valence-electron chi connectivity index (χ3n) is 3.65. The minimum atomic E-state index is 0.319. The van der Waals surface area contributed by atoms with E-state index in [1.165, 1.54) is 38.6 Å². The summed E-state index contributed by atoms with van der Waals surface area (Å²) in [6.07, 6.45) is 7.79. The van der Waals surface area contributed by atoms with E-state index in [1.807, 2.05) is 0 Å². The van der Waals surface area contributed by atoms with E-state index in [1.54, 1.807) is 0 Å². The van der Waals surface area contributed by atoms with Crippen LogP contribution in [0, 0.1) is 17.2 Å². The Morgan fingerprint density at radius 2 is 1.94 bits per heavy atom. The first-order valence-corrected chi connectivity index (χ1v) is 7.13. The molecular formula is C14H29N3. The highest BCUT2D eigenvalue weighted by Gasteiger charge is 2.16. The molecule has 0 aromatic carbocycles. The van der Waals surface area contributed by atoms with Crippen LogP contribution < -0.4 is 5.73 Å². The maximum absolute atomic E-state index is 7.32. The molecule has 0 spiro atoms. The first-order valence-electron chi connectivity index (χ1n) is 7.13. The smallest absolute Gasteiger partial charge is 0.0918 e. The summed E-state index contributed by atoms with van der Waals surface area (Å²) < 4.78 is 0. The Bertz CT molecular complexity index is 220. The third kappa shape index (κ3) is 6.67. The van der Waals surface area contributed by atoms with Gasteiger partial charge in [0.2, 0.25) is 0 Å². The average molecular weight is 239 g/mol. The molecule has 1 rings (SSSR count). The molecule has 0 amide bonds. The standard InChI is InChI=1S/C14H29N3/c1-12(2)11-17(10-8-14(15)16)9-7-13-5-3-4-6-13/h12-13H,3-11H2,1-2H3,(H3,15,16). The van der Waals surface area contributed by atoms with Crippen molar-refractivity contribution >= 4 is 5.84 Å². The van der Waals surface area contributed by atoms with E-state index in [4.69, 9.17) is 11.1 Å². The molecule has 0 bridgehead atoms. The van der Waals surface area contributed by atoms with Gasteiger partial charge in [-0.25, -0.2) is 0 Å². The van der Waals surface area contributed by atoms with Crippen LogP contribution in [0.1, 0.15) is 52.4 Å². The molecule has 0 unspecified atom stereocenters. The van der Waals surface area contributed by atoms with Gasteiger partial charge in [-0.15, -0.1) is 0 Å². The van der Waals surface area contributed by atoms with Gasteiger partial charge in [-0.2, -0.15) is 0 Å². The van der Waals surface area contributed by atoms with Gasteiger partial charge in [0.05, 0.1) is 5.84 Å². The van der Waals surface area contributed by atoms with Crippen molar-refractivity contribution < 1.29 is 0 Å². The highest BCUT2D eigenvalue weighted by Crippen LogP contribution is 2.27. The summed E-state index contributed by atoms with van der Waals surface area (Å²) in [5.41, 5.74) is 5.45. The van der Waals surface area contributed by atoms with Crippen molar-refractivity contribution in [3.63, 3.8) is 0 Å². The van der Waals surface area contributed by atoms with E-state index in [-0.39, 0.29) is 0 Å². The fraction of sp³-hybridized carbons (Fsp3) is 0.929.